The highest BCUT2D eigenvalue weighted by Gasteiger charge is 2.19. The molecule has 0 atom stereocenters. The topological polar surface area (TPSA) is 48.5 Å². The highest BCUT2D eigenvalue weighted by atomic mass is 15.0. The monoisotopic (exact) mass is 943 g/mol. The minimum atomic E-state index is 0.631. The van der Waals surface area contributed by atoms with Crippen LogP contribution in [0.4, 0.5) is 0 Å². The molecule has 3 aromatic heterocycles. The number of para-hydroxylation sites is 2. The van der Waals surface area contributed by atoms with Crippen LogP contribution in [0.1, 0.15) is 0 Å². The van der Waals surface area contributed by atoms with E-state index in [1.165, 1.54) is 71.6 Å². The average Bonchev–Trinajstić information content (AvgIpc) is 4.00. The van der Waals surface area contributed by atoms with Gasteiger partial charge in [0.25, 0.3) is 0 Å². The van der Waals surface area contributed by atoms with Crippen LogP contribution in [0.5, 0.6) is 0 Å². The Morgan fingerprint density at radius 1 is 0.189 bits per heavy atom. The van der Waals surface area contributed by atoms with Gasteiger partial charge in [0.15, 0.2) is 17.5 Å². The summed E-state index contributed by atoms with van der Waals surface area (Å²) in [6.45, 7) is 0. The Labute approximate surface area is 428 Å². The summed E-state index contributed by atoms with van der Waals surface area (Å²) < 4.78 is 4.81. The lowest BCUT2D eigenvalue weighted by atomic mass is 9.95. The van der Waals surface area contributed by atoms with Crippen molar-refractivity contribution < 1.29 is 0 Å². The summed E-state index contributed by atoms with van der Waals surface area (Å²) in [6.07, 6.45) is 0. The summed E-state index contributed by atoms with van der Waals surface area (Å²) in [5.74, 6) is 1.92. The molecular formula is C69H45N5. The van der Waals surface area contributed by atoms with Gasteiger partial charge < -0.3 is 9.13 Å². The molecule has 0 unspecified atom stereocenters. The van der Waals surface area contributed by atoms with Crippen LogP contribution >= 0.6 is 0 Å². The van der Waals surface area contributed by atoms with E-state index >= 15 is 0 Å². The van der Waals surface area contributed by atoms with Crippen molar-refractivity contribution in [1.29, 1.82) is 0 Å². The van der Waals surface area contributed by atoms with Gasteiger partial charge in [-0.2, -0.15) is 0 Å². The van der Waals surface area contributed by atoms with Gasteiger partial charge in [-0.3, -0.25) is 0 Å². The number of hydrogen-bond donors (Lipinski definition) is 0. The van der Waals surface area contributed by atoms with Crippen molar-refractivity contribution in [1.82, 2.24) is 24.1 Å². The number of fused-ring (bicyclic) bond motifs is 6. The standard InChI is InChI=1S/C69H45N5/c1-5-18-46(19-6-1)51-26-17-27-52(40-51)56-41-55(47-20-7-2-8-21-47)42-58(43-56)74-64-31-16-14-29-60(64)62-45-54(35-39-66(62)74)53-34-38-65-61(44-53)59-28-13-15-30-63(59)73(65)57-36-32-50(33-37-57)69-71-67(48-22-9-3-10-23-48)70-68(72-69)49-24-11-4-12-25-49/h1-45H. The molecule has 0 spiro atoms. The van der Waals surface area contributed by atoms with Gasteiger partial charge in [0.05, 0.1) is 22.1 Å². The number of hydrogen-bond acceptors (Lipinski definition) is 3. The second kappa shape index (κ2) is 18.0. The van der Waals surface area contributed by atoms with E-state index < -0.39 is 0 Å². The predicted molar refractivity (Wildman–Crippen MR) is 307 cm³/mol. The van der Waals surface area contributed by atoms with E-state index in [0.717, 1.165) is 44.6 Å². The van der Waals surface area contributed by atoms with Gasteiger partial charge in [-0.1, -0.05) is 188 Å². The Bertz CT molecular complexity index is 4330. The van der Waals surface area contributed by atoms with Gasteiger partial charge in [0, 0.05) is 49.6 Å². The zero-order valence-corrected chi connectivity index (χ0v) is 40.2. The molecule has 74 heavy (non-hydrogen) atoms. The Kier molecular flexibility index (Phi) is 10.4. The molecule has 0 saturated carbocycles. The molecule has 0 radical (unpaired) electrons. The molecule has 0 amide bonds. The molecule has 14 rings (SSSR count). The zero-order chi connectivity index (χ0) is 49.0. The molecule has 14 aromatic rings. The van der Waals surface area contributed by atoms with Gasteiger partial charge in [-0.05, 0) is 129 Å². The maximum atomic E-state index is 4.99. The normalized spacial score (nSPS) is 11.5. The molecular weight excluding hydrogens is 899 g/mol. The lowest BCUT2D eigenvalue weighted by Gasteiger charge is -2.15. The fourth-order valence-corrected chi connectivity index (χ4v) is 10.8. The van der Waals surface area contributed by atoms with Crippen LogP contribution in [0.15, 0.2) is 273 Å². The molecule has 0 fully saturated rings. The molecule has 0 aliphatic carbocycles. The molecule has 3 heterocycles. The van der Waals surface area contributed by atoms with Gasteiger partial charge in [0.2, 0.25) is 0 Å². The molecule has 0 aliphatic rings. The number of nitrogens with zero attached hydrogens (tertiary/aromatic N) is 5. The van der Waals surface area contributed by atoms with Crippen LogP contribution in [-0.2, 0) is 0 Å². The highest BCUT2D eigenvalue weighted by molar-refractivity contribution is 6.13. The van der Waals surface area contributed by atoms with E-state index in [1.807, 2.05) is 60.7 Å². The third-order valence-electron chi connectivity index (χ3n) is 14.3. The lowest BCUT2D eigenvalue weighted by molar-refractivity contribution is 1.07. The van der Waals surface area contributed by atoms with Crippen molar-refractivity contribution in [2.45, 2.75) is 0 Å². The van der Waals surface area contributed by atoms with Crippen LogP contribution in [0.3, 0.4) is 0 Å². The maximum absolute atomic E-state index is 4.99. The van der Waals surface area contributed by atoms with E-state index in [-0.39, 0.29) is 0 Å². The number of benzene rings is 11. The molecule has 11 aromatic carbocycles. The first-order valence-corrected chi connectivity index (χ1v) is 25.1. The third kappa shape index (κ3) is 7.63. The molecule has 0 saturated heterocycles. The van der Waals surface area contributed by atoms with E-state index in [0.29, 0.717) is 17.5 Å². The molecule has 5 nitrogen and oxygen atoms in total. The second-order valence-corrected chi connectivity index (χ2v) is 18.8. The van der Waals surface area contributed by atoms with Crippen molar-refractivity contribution in [3.8, 4) is 90.0 Å². The second-order valence-electron chi connectivity index (χ2n) is 18.8. The van der Waals surface area contributed by atoms with Crippen LogP contribution < -0.4 is 0 Å². The van der Waals surface area contributed by atoms with Crippen LogP contribution in [0, 0.1) is 0 Å². The van der Waals surface area contributed by atoms with Crippen molar-refractivity contribution in [2.75, 3.05) is 0 Å². The van der Waals surface area contributed by atoms with Crippen LogP contribution in [0.25, 0.3) is 134 Å². The van der Waals surface area contributed by atoms with Crippen molar-refractivity contribution in [3.05, 3.63) is 273 Å². The smallest absolute Gasteiger partial charge is 0.164 e. The van der Waals surface area contributed by atoms with E-state index in [2.05, 4.69) is 221 Å². The van der Waals surface area contributed by atoms with Gasteiger partial charge >= 0.3 is 0 Å². The summed E-state index contributed by atoms with van der Waals surface area (Å²) in [4.78, 5) is 14.9. The zero-order valence-electron chi connectivity index (χ0n) is 40.2. The summed E-state index contributed by atoms with van der Waals surface area (Å²) in [7, 11) is 0. The first-order valence-electron chi connectivity index (χ1n) is 25.1. The van der Waals surface area contributed by atoms with E-state index in [4.69, 9.17) is 15.0 Å². The Morgan fingerprint density at radius 2 is 0.514 bits per heavy atom. The lowest BCUT2D eigenvalue weighted by Crippen LogP contribution is -2.00. The Morgan fingerprint density at radius 3 is 1.01 bits per heavy atom. The highest BCUT2D eigenvalue weighted by Crippen LogP contribution is 2.41. The minimum absolute atomic E-state index is 0.631. The van der Waals surface area contributed by atoms with Gasteiger partial charge in [0.1, 0.15) is 0 Å². The first-order chi connectivity index (χ1) is 36.7. The van der Waals surface area contributed by atoms with E-state index in [1.54, 1.807) is 0 Å². The van der Waals surface area contributed by atoms with Crippen molar-refractivity contribution in [3.63, 3.8) is 0 Å². The first kappa shape index (κ1) is 42.9. The minimum Gasteiger partial charge on any atom is -0.309 e. The SMILES string of the molecule is c1ccc(-c2cccc(-c3cc(-c4ccccc4)cc(-n4c5ccccc5c5cc(-c6ccc7c(c6)c6ccccc6n7-c6ccc(-c7nc(-c8ccccc8)nc(-c8ccccc8)n7)cc6)ccc54)c3)c2)cc1. The fraction of sp³-hybridized carbons (Fsp3) is 0. The summed E-state index contributed by atoms with van der Waals surface area (Å²) in [6, 6.07) is 97.5. The molecule has 5 heteroatoms. The quantitative estimate of drug-likeness (QED) is 0.145. The molecule has 346 valence electrons. The molecule has 0 bridgehead atoms. The number of aromatic nitrogens is 5. The van der Waals surface area contributed by atoms with Gasteiger partial charge in [-0.25, -0.2) is 15.0 Å². The Balaban J connectivity index is 0.858. The van der Waals surface area contributed by atoms with Crippen LogP contribution in [0.2, 0.25) is 0 Å². The van der Waals surface area contributed by atoms with Crippen molar-refractivity contribution in [2.24, 2.45) is 0 Å². The number of rotatable bonds is 9. The summed E-state index contributed by atoms with van der Waals surface area (Å²) >= 11 is 0. The summed E-state index contributed by atoms with van der Waals surface area (Å²) in [5, 5.41) is 4.83. The average molecular weight is 944 g/mol. The third-order valence-corrected chi connectivity index (χ3v) is 14.3. The Hall–Kier alpha value is -9.97. The molecule has 0 aliphatic heterocycles. The van der Waals surface area contributed by atoms with Crippen molar-refractivity contribution >= 4 is 43.6 Å². The summed E-state index contributed by atoms with van der Waals surface area (Å²) in [5.41, 5.74) is 19.0. The maximum Gasteiger partial charge on any atom is 0.164 e. The van der Waals surface area contributed by atoms with E-state index in [9.17, 15) is 0 Å². The fourth-order valence-electron chi connectivity index (χ4n) is 10.8. The molecule has 0 N–H and O–H groups in total. The van der Waals surface area contributed by atoms with Gasteiger partial charge in [-0.15, -0.1) is 0 Å². The largest absolute Gasteiger partial charge is 0.309 e. The predicted octanol–water partition coefficient (Wildman–Crippen LogP) is 17.7. The van der Waals surface area contributed by atoms with Crippen LogP contribution in [-0.4, -0.2) is 24.1 Å².